The van der Waals surface area contributed by atoms with Crippen molar-refractivity contribution in [2.75, 3.05) is 39.3 Å². The molecular weight excluding hydrogens is 280 g/mol. The number of nitrogens with zero attached hydrogens (tertiary/aromatic N) is 4. The molecule has 1 aromatic rings. The molecule has 0 N–H and O–H groups in total. The summed E-state index contributed by atoms with van der Waals surface area (Å²) in [7, 11) is 0. The third-order valence-corrected chi connectivity index (χ3v) is 5.06. The largest absolute Gasteiger partial charge is 0.301 e. The molecule has 0 aromatic carbocycles. The number of hydrogen-bond acceptors (Lipinski definition) is 5. The van der Waals surface area contributed by atoms with Gasteiger partial charge in [0, 0.05) is 44.6 Å². The van der Waals surface area contributed by atoms with E-state index in [4.69, 9.17) is 4.98 Å². The number of hydrogen-bond donors (Lipinski definition) is 0. The van der Waals surface area contributed by atoms with E-state index in [-0.39, 0.29) is 5.41 Å². The Morgan fingerprint density at radius 1 is 1.19 bits per heavy atom. The summed E-state index contributed by atoms with van der Waals surface area (Å²) in [6.07, 6.45) is 0.960. The minimum absolute atomic E-state index is 0.0490. The summed E-state index contributed by atoms with van der Waals surface area (Å²) in [6, 6.07) is 2.31. The Labute approximate surface area is 132 Å². The zero-order valence-electron chi connectivity index (χ0n) is 13.6. The summed E-state index contributed by atoms with van der Waals surface area (Å²) in [4.78, 5) is 10.5. The van der Waals surface area contributed by atoms with E-state index in [1.54, 1.807) is 11.3 Å². The maximum absolute atomic E-state index is 9.27. The molecule has 0 atom stereocenters. The molecule has 1 aliphatic rings. The van der Waals surface area contributed by atoms with Gasteiger partial charge in [0.1, 0.15) is 10.9 Å². The van der Waals surface area contributed by atoms with Crippen LogP contribution < -0.4 is 0 Å². The monoisotopic (exact) mass is 306 g/mol. The van der Waals surface area contributed by atoms with Gasteiger partial charge in [-0.25, -0.2) is 4.98 Å². The molecule has 0 bridgehead atoms. The first-order chi connectivity index (χ1) is 9.94. The van der Waals surface area contributed by atoms with Gasteiger partial charge in [-0.1, -0.05) is 27.7 Å². The second kappa shape index (κ2) is 6.87. The number of nitriles is 1. The van der Waals surface area contributed by atoms with Crippen molar-refractivity contribution in [1.82, 2.24) is 14.8 Å². The van der Waals surface area contributed by atoms with Gasteiger partial charge in [-0.2, -0.15) is 5.26 Å². The molecule has 4 nitrogen and oxygen atoms in total. The molecule has 2 rings (SSSR count). The number of likely N-dealkylation sites (N-methyl/N-ethyl adjacent to an activating group) is 1. The average molecular weight is 306 g/mol. The Morgan fingerprint density at radius 2 is 1.81 bits per heavy atom. The van der Waals surface area contributed by atoms with Crippen LogP contribution in [0.2, 0.25) is 0 Å². The van der Waals surface area contributed by atoms with Crippen molar-refractivity contribution in [3.8, 4) is 6.07 Å². The van der Waals surface area contributed by atoms with Gasteiger partial charge in [-0.15, -0.1) is 11.3 Å². The summed E-state index contributed by atoms with van der Waals surface area (Å²) >= 11 is 1.57. The summed E-state index contributed by atoms with van der Waals surface area (Å²) in [5.74, 6) is 0. The van der Waals surface area contributed by atoms with E-state index in [0.29, 0.717) is 0 Å². The highest BCUT2D eigenvalue weighted by Crippen LogP contribution is 2.29. The van der Waals surface area contributed by atoms with E-state index in [1.165, 1.54) is 13.1 Å². The van der Waals surface area contributed by atoms with Gasteiger partial charge in [-0.3, -0.25) is 0 Å². The molecule has 1 fully saturated rings. The summed E-state index contributed by atoms with van der Waals surface area (Å²) in [5, 5.41) is 10.4. The first-order valence-electron chi connectivity index (χ1n) is 7.79. The minimum atomic E-state index is -0.0490. The highest BCUT2D eigenvalue weighted by atomic mass is 32.1. The van der Waals surface area contributed by atoms with E-state index < -0.39 is 0 Å². The zero-order valence-corrected chi connectivity index (χ0v) is 14.5. The molecule has 0 radical (unpaired) electrons. The standard InChI is InChI=1S/C16H26N4S/c1-5-19-8-10-20(11-9-19)7-6-14-18-15(16(2,3)4)13(12-17)21-14/h5-11H2,1-4H3. The highest BCUT2D eigenvalue weighted by Gasteiger charge is 2.23. The second-order valence-corrected chi connectivity index (χ2v) is 7.76. The van der Waals surface area contributed by atoms with Gasteiger partial charge >= 0.3 is 0 Å². The molecule has 0 unspecified atom stereocenters. The lowest BCUT2D eigenvalue weighted by Crippen LogP contribution is -2.46. The Bertz CT molecular complexity index is 501. The lowest BCUT2D eigenvalue weighted by Gasteiger charge is -2.33. The van der Waals surface area contributed by atoms with Crippen molar-refractivity contribution >= 4 is 11.3 Å². The fraction of sp³-hybridized carbons (Fsp3) is 0.750. The predicted molar refractivity (Wildman–Crippen MR) is 87.8 cm³/mol. The third-order valence-electron chi connectivity index (χ3n) is 4.04. The summed E-state index contributed by atoms with van der Waals surface area (Å²) < 4.78 is 0. The summed E-state index contributed by atoms with van der Waals surface area (Å²) in [5.41, 5.74) is 0.910. The first-order valence-corrected chi connectivity index (χ1v) is 8.60. The number of piperazine rings is 1. The molecule has 1 saturated heterocycles. The molecule has 0 aliphatic carbocycles. The minimum Gasteiger partial charge on any atom is -0.301 e. The van der Waals surface area contributed by atoms with E-state index in [9.17, 15) is 5.26 Å². The molecule has 0 amide bonds. The van der Waals surface area contributed by atoms with Crippen molar-refractivity contribution in [2.45, 2.75) is 39.5 Å². The Kier molecular flexibility index (Phi) is 5.37. The molecule has 0 saturated carbocycles. The highest BCUT2D eigenvalue weighted by molar-refractivity contribution is 7.12. The van der Waals surface area contributed by atoms with E-state index in [1.807, 2.05) is 0 Å². The molecule has 116 valence electrons. The molecule has 5 heteroatoms. The molecule has 1 aliphatic heterocycles. The Morgan fingerprint density at radius 3 is 2.29 bits per heavy atom. The van der Waals surface area contributed by atoms with E-state index in [2.05, 4.69) is 43.6 Å². The Balaban J connectivity index is 1.93. The van der Waals surface area contributed by atoms with Crippen LogP contribution in [0, 0.1) is 11.3 Å². The SMILES string of the molecule is CCN1CCN(CCc2nc(C(C)(C)C)c(C#N)s2)CC1. The molecule has 21 heavy (non-hydrogen) atoms. The maximum atomic E-state index is 9.27. The van der Waals surface area contributed by atoms with Gasteiger partial charge in [-0.05, 0) is 6.54 Å². The fourth-order valence-corrected chi connectivity index (χ4v) is 3.70. The first kappa shape index (κ1) is 16.4. The van der Waals surface area contributed by atoms with Crippen LogP contribution in [0.3, 0.4) is 0 Å². The molecule has 1 aromatic heterocycles. The normalized spacial score (nSPS) is 17.9. The van der Waals surface area contributed by atoms with Gasteiger partial charge < -0.3 is 9.80 Å². The van der Waals surface area contributed by atoms with Crippen molar-refractivity contribution in [3.63, 3.8) is 0 Å². The van der Waals surface area contributed by atoms with Gasteiger partial charge in [0.15, 0.2) is 0 Å². The molecule has 2 heterocycles. The van der Waals surface area contributed by atoms with Crippen LogP contribution in [0.15, 0.2) is 0 Å². The van der Waals surface area contributed by atoms with Crippen molar-refractivity contribution in [2.24, 2.45) is 0 Å². The van der Waals surface area contributed by atoms with Crippen LogP contribution in [-0.2, 0) is 11.8 Å². The average Bonchev–Trinajstić information content (AvgIpc) is 2.89. The smallest absolute Gasteiger partial charge is 0.128 e. The van der Waals surface area contributed by atoms with Crippen LogP contribution in [0.4, 0.5) is 0 Å². The number of aromatic nitrogens is 1. The zero-order chi connectivity index (χ0) is 15.5. The third kappa shape index (κ3) is 4.26. The van der Waals surface area contributed by atoms with Crippen LogP contribution in [0.1, 0.15) is 43.3 Å². The Hall–Kier alpha value is -0.960. The fourth-order valence-electron chi connectivity index (χ4n) is 2.64. The van der Waals surface area contributed by atoms with E-state index >= 15 is 0 Å². The van der Waals surface area contributed by atoms with Gasteiger partial charge in [0.2, 0.25) is 0 Å². The molecule has 0 spiro atoms. The van der Waals surface area contributed by atoms with Gasteiger partial charge in [0.25, 0.3) is 0 Å². The second-order valence-electron chi connectivity index (χ2n) is 6.67. The van der Waals surface area contributed by atoms with Crippen LogP contribution in [-0.4, -0.2) is 54.1 Å². The van der Waals surface area contributed by atoms with Crippen LogP contribution in [0.25, 0.3) is 0 Å². The van der Waals surface area contributed by atoms with Gasteiger partial charge in [0.05, 0.1) is 10.7 Å². The maximum Gasteiger partial charge on any atom is 0.128 e. The van der Waals surface area contributed by atoms with Crippen LogP contribution in [0.5, 0.6) is 0 Å². The molecular formula is C16H26N4S. The predicted octanol–water partition coefficient (Wildman–Crippen LogP) is 2.49. The van der Waals surface area contributed by atoms with Crippen molar-refractivity contribution < 1.29 is 0 Å². The summed E-state index contributed by atoms with van der Waals surface area (Å²) in [6.45, 7) is 15.4. The number of thiazole rings is 1. The lowest BCUT2D eigenvalue weighted by atomic mass is 9.91. The number of rotatable bonds is 4. The topological polar surface area (TPSA) is 43.2 Å². The lowest BCUT2D eigenvalue weighted by molar-refractivity contribution is 0.138. The van der Waals surface area contributed by atoms with Crippen molar-refractivity contribution in [3.05, 3.63) is 15.6 Å². The quantitative estimate of drug-likeness (QED) is 0.857. The van der Waals surface area contributed by atoms with Crippen molar-refractivity contribution in [1.29, 1.82) is 5.26 Å². The van der Waals surface area contributed by atoms with Crippen LogP contribution >= 0.6 is 11.3 Å². The van der Waals surface area contributed by atoms with E-state index in [0.717, 1.165) is 48.2 Å².